The molecule has 0 saturated carbocycles. The number of allylic oxidation sites excluding steroid dienone is 1. The lowest BCUT2D eigenvalue weighted by molar-refractivity contribution is 0.702. The smallest absolute Gasteiger partial charge is 0.000169 e. The van der Waals surface area contributed by atoms with E-state index in [0.29, 0.717) is 0 Å². The Bertz CT molecular complexity index is 90.6. The maximum atomic E-state index is 3.92. The summed E-state index contributed by atoms with van der Waals surface area (Å²) in [5, 5.41) is 0. The second-order valence-corrected chi connectivity index (χ2v) is 3.56. The standard InChI is InChI=1S/C7H12S/c1-6(2)7-3-4-8-5-7/h7H,1,3-5H2,2H3. The topological polar surface area (TPSA) is 0 Å². The third-order valence-electron chi connectivity index (χ3n) is 1.63. The van der Waals surface area contributed by atoms with Gasteiger partial charge in [0.05, 0.1) is 0 Å². The van der Waals surface area contributed by atoms with E-state index in [2.05, 4.69) is 13.5 Å². The molecule has 0 amide bonds. The average molecular weight is 128 g/mol. The van der Waals surface area contributed by atoms with Gasteiger partial charge in [0.2, 0.25) is 0 Å². The van der Waals surface area contributed by atoms with Crippen LogP contribution in [0.3, 0.4) is 0 Å². The van der Waals surface area contributed by atoms with E-state index in [1.807, 2.05) is 11.8 Å². The van der Waals surface area contributed by atoms with Gasteiger partial charge >= 0.3 is 0 Å². The average Bonchev–Trinajstić information content (AvgIpc) is 2.12. The van der Waals surface area contributed by atoms with Gasteiger partial charge in [-0.1, -0.05) is 12.2 Å². The zero-order valence-electron chi connectivity index (χ0n) is 5.31. The molecule has 1 unspecified atom stereocenters. The van der Waals surface area contributed by atoms with Crippen molar-refractivity contribution in [2.24, 2.45) is 5.92 Å². The van der Waals surface area contributed by atoms with Gasteiger partial charge in [0.15, 0.2) is 0 Å². The summed E-state index contributed by atoms with van der Waals surface area (Å²) in [4.78, 5) is 0. The highest BCUT2D eigenvalue weighted by molar-refractivity contribution is 7.99. The van der Waals surface area contributed by atoms with E-state index < -0.39 is 0 Å². The number of thioether (sulfide) groups is 1. The summed E-state index contributed by atoms with van der Waals surface area (Å²) in [5.41, 5.74) is 1.37. The van der Waals surface area contributed by atoms with E-state index in [1.165, 1.54) is 23.5 Å². The third-order valence-corrected chi connectivity index (χ3v) is 2.79. The quantitative estimate of drug-likeness (QED) is 0.488. The Morgan fingerprint density at radius 2 is 2.50 bits per heavy atom. The normalized spacial score (nSPS) is 28.4. The van der Waals surface area contributed by atoms with E-state index in [-0.39, 0.29) is 0 Å². The van der Waals surface area contributed by atoms with Crippen LogP contribution in [0.2, 0.25) is 0 Å². The summed E-state index contributed by atoms with van der Waals surface area (Å²) in [6, 6.07) is 0. The molecule has 1 saturated heterocycles. The number of rotatable bonds is 1. The second-order valence-electron chi connectivity index (χ2n) is 2.41. The van der Waals surface area contributed by atoms with Gasteiger partial charge < -0.3 is 0 Å². The molecule has 1 heteroatoms. The molecule has 0 spiro atoms. The largest absolute Gasteiger partial charge is 0.161 e. The monoisotopic (exact) mass is 128 g/mol. The molecule has 1 aliphatic rings. The number of hydrogen-bond donors (Lipinski definition) is 0. The fourth-order valence-corrected chi connectivity index (χ4v) is 2.28. The van der Waals surface area contributed by atoms with Crippen molar-refractivity contribution >= 4 is 11.8 Å². The highest BCUT2D eigenvalue weighted by atomic mass is 32.2. The molecule has 0 nitrogen and oxygen atoms in total. The molecule has 0 aliphatic carbocycles. The summed E-state index contributed by atoms with van der Waals surface area (Å²) in [6.07, 6.45) is 1.36. The van der Waals surface area contributed by atoms with Crippen LogP contribution >= 0.6 is 11.8 Å². The fraction of sp³-hybridized carbons (Fsp3) is 0.714. The first-order valence-electron chi connectivity index (χ1n) is 3.04. The van der Waals surface area contributed by atoms with Crippen molar-refractivity contribution in [3.63, 3.8) is 0 Å². The zero-order chi connectivity index (χ0) is 5.98. The van der Waals surface area contributed by atoms with E-state index >= 15 is 0 Å². The molecule has 0 aromatic carbocycles. The molecule has 0 radical (unpaired) electrons. The van der Waals surface area contributed by atoms with Gasteiger partial charge in [-0.05, 0) is 30.8 Å². The molecular formula is C7H12S. The third kappa shape index (κ3) is 1.28. The molecule has 0 N–H and O–H groups in total. The van der Waals surface area contributed by atoms with Crippen LogP contribution in [-0.2, 0) is 0 Å². The van der Waals surface area contributed by atoms with E-state index in [9.17, 15) is 0 Å². The van der Waals surface area contributed by atoms with Crippen molar-refractivity contribution in [1.82, 2.24) is 0 Å². The Labute approximate surface area is 55.4 Å². The SMILES string of the molecule is C=C(C)C1CCSC1. The van der Waals surface area contributed by atoms with Crippen LogP contribution in [-0.4, -0.2) is 11.5 Å². The van der Waals surface area contributed by atoms with Crippen molar-refractivity contribution in [1.29, 1.82) is 0 Å². The summed E-state index contributed by atoms with van der Waals surface area (Å²) in [7, 11) is 0. The van der Waals surface area contributed by atoms with Crippen LogP contribution in [0.5, 0.6) is 0 Å². The lowest BCUT2D eigenvalue weighted by atomic mass is 10.0. The summed E-state index contributed by atoms with van der Waals surface area (Å²) < 4.78 is 0. The second kappa shape index (κ2) is 2.58. The molecule has 8 heavy (non-hydrogen) atoms. The van der Waals surface area contributed by atoms with Gasteiger partial charge in [0.1, 0.15) is 0 Å². The van der Waals surface area contributed by atoms with Gasteiger partial charge in [-0.15, -0.1) is 0 Å². The first-order chi connectivity index (χ1) is 3.80. The molecule has 1 aliphatic heterocycles. The van der Waals surface area contributed by atoms with Gasteiger partial charge in [0.25, 0.3) is 0 Å². The highest BCUT2D eigenvalue weighted by Crippen LogP contribution is 2.27. The zero-order valence-corrected chi connectivity index (χ0v) is 6.13. The van der Waals surface area contributed by atoms with Crippen LogP contribution in [0.1, 0.15) is 13.3 Å². The minimum absolute atomic E-state index is 0.833. The fourth-order valence-electron chi connectivity index (χ4n) is 0.923. The first kappa shape index (κ1) is 6.21. The highest BCUT2D eigenvalue weighted by Gasteiger charge is 2.14. The Morgan fingerprint density at radius 1 is 1.75 bits per heavy atom. The Hall–Kier alpha value is 0.0900. The Kier molecular flexibility index (Phi) is 2.01. The minimum Gasteiger partial charge on any atom is -0.161 e. The van der Waals surface area contributed by atoms with Crippen molar-refractivity contribution < 1.29 is 0 Å². The first-order valence-corrected chi connectivity index (χ1v) is 4.19. The van der Waals surface area contributed by atoms with E-state index in [4.69, 9.17) is 0 Å². The van der Waals surface area contributed by atoms with E-state index in [0.717, 1.165) is 5.92 Å². The van der Waals surface area contributed by atoms with Crippen LogP contribution in [0.25, 0.3) is 0 Å². The molecule has 0 aromatic rings. The molecular weight excluding hydrogens is 116 g/mol. The lowest BCUT2D eigenvalue weighted by Crippen LogP contribution is -1.96. The van der Waals surface area contributed by atoms with Crippen LogP contribution in [0.4, 0.5) is 0 Å². The molecule has 0 bridgehead atoms. The van der Waals surface area contributed by atoms with Crippen molar-refractivity contribution in [2.75, 3.05) is 11.5 Å². The van der Waals surface area contributed by atoms with Crippen molar-refractivity contribution in [2.45, 2.75) is 13.3 Å². The predicted octanol–water partition coefficient (Wildman–Crippen LogP) is 2.32. The van der Waals surface area contributed by atoms with Crippen LogP contribution in [0.15, 0.2) is 12.2 Å². The maximum Gasteiger partial charge on any atom is -0.000169 e. The molecule has 0 aromatic heterocycles. The van der Waals surface area contributed by atoms with E-state index in [1.54, 1.807) is 0 Å². The van der Waals surface area contributed by atoms with Crippen LogP contribution in [0, 0.1) is 5.92 Å². The maximum absolute atomic E-state index is 3.92. The Balaban J connectivity index is 2.35. The van der Waals surface area contributed by atoms with Crippen molar-refractivity contribution in [3.05, 3.63) is 12.2 Å². The molecule has 1 fully saturated rings. The number of hydrogen-bond acceptors (Lipinski definition) is 1. The molecule has 1 heterocycles. The Morgan fingerprint density at radius 3 is 2.75 bits per heavy atom. The molecule has 46 valence electrons. The predicted molar refractivity (Wildman–Crippen MR) is 40.2 cm³/mol. The molecule has 1 atom stereocenters. The van der Waals surface area contributed by atoms with Crippen LogP contribution < -0.4 is 0 Å². The summed E-state index contributed by atoms with van der Waals surface area (Å²) in [5.74, 6) is 3.49. The molecule has 1 rings (SSSR count). The van der Waals surface area contributed by atoms with Gasteiger partial charge in [-0.3, -0.25) is 0 Å². The minimum atomic E-state index is 0.833. The van der Waals surface area contributed by atoms with Gasteiger partial charge in [0, 0.05) is 0 Å². The summed E-state index contributed by atoms with van der Waals surface area (Å²) in [6.45, 7) is 6.06. The lowest BCUT2D eigenvalue weighted by Gasteiger charge is -2.04. The van der Waals surface area contributed by atoms with Crippen molar-refractivity contribution in [3.8, 4) is 0 Å². The van der Waals surface area contributed by atoms with Gasteiger partial charge in [-0.25, -0.2) is 0 Å². The summed E-state index contributed by atoms with van der Waals surface area (Å²) >= 11 is 2.05. The van der Waals surface area contributed by atoms with Gasteiger partial charge in [-0.2, -0.15) is 11.8 Å².